The smallest absolute Gasteiger partial charge is 0.164 e. The van der Waals surface area contributed by atoms with Crippen LogP contribution in [0.25, 0.3) is 56.4 Å². The van der Waals surface area contributed by atoms with Crippen LogP contribution in [0.3, 0.4) is 0 Å². The molecule has 8 aromatic rings. The van der Waals surface area contributed by atoms with Gasteiger partial charge < -0.3 is 4.90 Å². The lowest BCUT2D eigenvalue weighted by atomic mass is 9.41. The van der Waals surface area contributed by atoms with Crippen molar-refractivity contribution in [2.45, 2.75) is 37.5 Å². The second-order valence-corrected chi connectivity index (χ2v) is 17.3. The van der Waals surface area contributed by atoms with E-state index in [0.29, 0.717) is 29.3 Å². The van der Waals surface area contributed by atoms with Crippen molar-refractivity contribution >= 4 is 17.1 Å². The summed E-state index contributed by atoms with van der Waals surface area (Å²) in [5.41, 5.74) is 14.3. The molecule has 1 spiro atoms. The molecule has 0 radical (unpaired) electrons. The van der Waals surface area contributed by atoms with Crippen LogP contribution in [0.5, 0.6) is 0 Å². The maximum atomic E-state index is 5.29. The molecule has 2 heterocycles. The van der Waals surface area contributed by atoms with Crippen molar-refractivity contribution in [1.82, 2.24) is 15.0 Å². The van der Waals surface area contributed by atoms with Crippen molar-refractivity contribution in [3.05, 3.63) is 193 Å². The third-order valence-corrected chi connectivity index (χ3v) is 14.1. The van der Waals surface area contributed by atoms with E-state index in [4.69, 9.17) is 15.0 Å². The van der Waals surface area contributed by atoms with Gasteiger partial charge in [0, 0.05) is 27.8 Å². The summed E-state index contributed by atoms with van der Waals surface area (Å²) in [5, 5.41) is 0. The number of hydrogen-bond donors (Lipinski definition) is 0. The summed E-state index contributed by atoms with van der Waals surface area (Å²) in [5.74, 6) is 5.05. The van der Waals surface area contributed by atoms with Gasteiger partial charge in [0.15, 0.2) is 17.5 Å². The fourth-order valence-corrected chi connectivity index (χ4v) is 11.8. The second kappa shape index (κ2) is 13.7. The number of rotatable bonds is 6. The molecule has 1 aromatic heterocycles. The van der Waals surface area contributed by atoms with E-state index >= 15 is 0 Å². The van der Waals surface area contributed by atoms with E-state index in [-0.39, 0.29) is 5.41 Å². The first-order valence-electron chi connectivity index (χ1n) is 21.4. The number of fused-ring (bicyclic) bond motifs is 2. The molecular formula is C55H44N4. The zero-order valence-corrected chi connectivity index (χ0v) is 33.0. The molecule has 4 nitrogen and oxygen atoms in total. The molecule has 4 bridgehead atoms. The van der Waals surface area contributed by atoms with Gasteiger partial charge in [-0.3, -0.25) is 0 Å². The molecule has 59 heavy (non-hydrogen) atoms. The summed E-state index contributed by atoms with van der Waals surface area (Å²) < 4.78 is 0. The predicted octanol–water partition coefficient (Wildman–Crippen LogP) is 13.7. The Morgan fingerprint density at radius 1 is 0.356 bits per heavy atom. The van der Waals surface area contributed by atoms with Gasteiger partial charge in [0.2, 0.25) is 0 Å². The Morgan fingerprint density at radius 2 is 0.763 bits per heavy atom. The van der Waals surface area contributed by atoms with E-state index in [1.807, 2.05) is 0 Å². The minimum atomic E-state index is -0.000420. The summed E-state index contributed by atoms with van der Waals surface area (Å²) >= 11 is 0. The molecule has 4 saturated carbocycles. The monoisotopic (exact) mass is 760 g/mol. The molecule has 0 N–H and O–H groups in total. The van der Waals surface area contributed by atoms with Gasteiger partial charge in [0.05, 0.1) is 11.4 Å². The summed E-state index contributed by atoms with van der Waals surface area (Å²) in [6, 6.07) is 65.7. The van der Waals surface area contributed by atoms with Crippen molar-refractivity contribution in [2.75, 3.05) is 4.90 Å². The number of anilines is 3. The standard InChI is InChI=1S/C55H44N4/c1-4-12-38(13-5-1)40-20-24-42(25-21-40)52-56-53(43-26-22-41(23-27-43)39-14-6-2-7-15-39)58-54(57-52)44-28-29-49-51(35-44)59(47-16-8-3-9-17-47)50-19-11-10-18-48(50)55(49)45-31-36-30-37(33-45)34-46(55)32-36/h1-29,35-37,45-46H,30-34H2. The SMILES string of the molecule is c1ccc(-c2ccc(-c3nc(-c4ccc(-c5ccccc5)cc4)nc(-c4ccc5c(c4)N(c4ccccc4)c4ccccc4C54C5CC6CC(C5)CC4C6)n3)cc2)cc1. The minimum Gasteiger partial charge on any atom is -0.310 e. The number of benzene rings is 7. The van der Waals surface area contributed by atoms with E-state index in [0.717, 1.165) is 39.7 Å². The average molecular weight is 761 g/mol. The third kappa shape index (κ3) is 5.61. The maximum absolute atomic E-state index is 5.29. The van der Waals surface area contributed by atoms with Crippen molar-refractivity contribution in [3.63, 3.8) is 0 Å². The molecule has 0 amide bonds. The normalized spacial score (nSPS) is 22.3. The first-order valence-corrected chi connectivity index (χ1v) is 21.4. The molecule has 0 unspecified atom stereocenters. The van der Waals surface area contributed by atoms with E-state index in [9.17, 15) is 0 Å². The van der Waals surface area contributed by atoms with Gasteiger partial charge in [0.1, 0.15) is 0 Å². The molecule has 1 aliphatic heterocycles. The van der Waals surface area contributed by atoms with Crippen LogP contribution in [0, 0.1) is 23.7 Å². The molecule has 4 heteroatoms. The van der Waals surface area contributed by atoms with Crippen molar-refractivity contribution in [1.29, 1.82) is 0 Å². The Kier molecular flexibility index (Phi) is 8.01. The van der Waals surface area contributed by atoms with E-state index in [1.165, 1.54) is 71.4 Å². The van der Waals surface area contributed by atoms with Crippen LogP contribution in [-0.4, -0.2) is 15.0 Å². The predicted molar refractivity (Wildman–Crippen MR) is 240 cm³/mol. The zero-order chi connectivity index (χ0) is 38.9. The van der Waals surface area contributed by atoms with Crippen LogP contribution in [-0.2, 0) is 5.41 Å². The van der Waals surface area contributed by atoms with Crippen LogP contribution in [0.1, 0.15) is 43.2 Å². The Morgan fingerprint density at radius 3 is 1.31 bits per heavy atom. The topological polar surface area (TPSA) is 41.9 Å². The highest BCUT2D eigenvalue weighted by Crippen LogP contribution is 2.69. The molecular weight excluding hydrogens is 717 g/mol. The summed E-state index contributed by atoms with van der Waals surface area (Å²) in [4.78, 5) is 18.3. The van der Waals surface area contributed by atoms with Crippen molar-refractivity contribution in [3.8, 4) is 56.4 Å². The lowest BCUT2D eigenvalue weighted by Crippen LogP contribution is -2.57. The van der Waals surface area contributed by atoms with Gasteiger partial charge in [0.25, 0.3) is 0 Å². The van der Waals surface area contributed by atoms with Gasteiger partial charge in [-0.2, -0.15) is 0 Å². The van der Waals surface area contributed by atoms with Crippen LogP contribution in [0.4, 0.5) is 17.1 Å². The maximum Gasteiger partial charge on any atom is 0.164 e. The quantitative estimate of drug-likeness (QED) is 0.169. The Bertz CT molecular complexity index is 2690. The van der Waals surface area contributed by atoms with Gasteiger partial charge >= 0.3 is 0 Å². The molecule has 13 rings (SSSR count). The van der Waals surface area contributed by atoms with Gasteiger partial charge in [-0.05, 0) is 113 Å². The minimum absolute atomic E-state index is 0.000420. The first kappa shape index (κ1) is 34.4. The molecule has 7 aromatic carbocycles. The molecule has 284 valence electrons. The Labute approximate surface area is 346 Å². The fourth-order valence-electron chi connectivity index (χ4n) is 11.8. The highest BCUT2D eigenvalue weighted by atomic mass is 15.2. The largest absolute Gasteiger partial charge is 0.310 e. The Balaban J connectivity index is 1.03. The fraction of sp³-hybridized carbons (Fsp3) is 0.182. The number of para-hydroxylation sites is 2. The molecule has 4 fully saturated rings. The molecule has 5 aliphatic rings. The summed E-state index contributed by atoms with van der Waals surface area (Å²) in [7, 11) is 0. The number of nitrogens with zero attached hydrogens (tertiary/aromatic N) is 4. The average Bonchev–Trinajstić information content (AvgIpc) is 3.31. The first-order chi connectivity index (χ1) is 29.2. The number of hydrogen-bond acceptors (Lipinski definition) is 4. The lowest BCUT2D eigenvalue weighted by molar-refractivity contribution is -0.0419. The summed E-state index contributed by atoms with van der Waals surface area (Å²) in [6.45, 7) is 0. The van der Waals surface area contributed by atoms with Crippen LogP contribution in [0.2, 0.25) is 0 Å². The van der Waals surface area contributed by atoms with Crippen LogP contribution in [0.15, 0.2) is 182 Å². The van der Waals surface area contributed by atoms with E-state index in [1.54, 1.807) is 0 Å². The van der Waals surface area contributed by atoms with E-state index in [2.05, 4.69) is 187 Å². The molecule has 0 atom stereocenters. The zero-order valence-electron chi connectivity index (χ0n) is 33.0. The Hall–Kier alpha value is -6.65. The summed E-state index contributed by atoms with van der Waals surface area (Å²) in [6.07, 6.45) is 6.77. The van der Waals surface area contributed by atoms with Gasteiger partial charge in [-0.1, -0.05) is 158 Å². The van der Waals surface area contributed by atoms with Gasteiger partial charge in [-0.25, -0.2) is 15.0 Å². The molecule has 0 saturated heterocycles. The lowest BCUT2D eigenvalue weighted by Gasteiger charge is -2.64. The highest BCUT2D eigenvalue weighted by molar-refractivity contribution is 5.88. The molecule has 4 aliphatic carbocycles. The van der Waals surface area contributed by atoms with Crippen molar-refractivity contribution in [2.24, 2.45) is 23.7 Å². The van der Waals surface area contributed by atoms with Crippen LogP contribution < -0.4 is 4.90 Å². The van der Waals surface area contributed by atoms with Crippen molar-refractivity contribution < 1.29 is 0 Å². The van der Waals surface area contributed by atoms with Crippen LogP contribution >= 0.6 is 0 Å². The van der Waals surface area contributed by atoms with Gasteiger partial charge in [-0.15, -0.1) is 0 Å². The second-order valence-electron chi connectivity index (χ2n) is 17.3. The highest BCUT2D eigenvalue weighted by Gasteiger charge is 2.61. The van der Waals surface area contributed by atoms with E-state index < -0.39 is 0 Å². The number of aromatic nitrogens is 3. The third-order valence-electron chi connectivity index (χ3n) is 14.1.